The van der Waals surface area contributed by atoms with Crippen LogP contribution in [0.2, 0.25) is 0 Å². The first kappa shape index (κ1) is 11.2. The summed E-state index contributed by atoms with van der Waals surface area (Å²) in [5.41, 5.74) is 0.395. The Morgan fingerprint density at radius 3 is 2.67 bits per heavy atom. The highest BCUT2D eigenvalue weighted by Crippen LogP contribution is 2.23. The maximum absolute atomic E-state index is 11.4. The summed E-state index contributed by atoms with van der Waals surface area (Å²) in [6.07, 6.45) is 0.771. The molecule has 1 heterocycles. The summed E-state index contributed by atoms with van der Waals surface area (Å²) >= 11 is 0. The fraction of sp³-hybridized carbons (Fsp3) is 0.500. The topological polar surface area (TPSA) is 70.4 Å². The van der Waals surface area contributed by atoms with Gasteiger partial charge in [-0.15, -0.1) is 0 Å². The van der Waals surface area contributed by atoms with Crippen molar-refractivity contribution >= 4 is 11.9 Å². The molecule has 0 bridgehead atoms. The van der Waals surface area contributed by atoms with Crippen LogP contribution in [0.1, 0.15) is 19.8 Å². The lowest BCUT2D eigenvalue weighted by atomic mass is 10.2. The first-order chi connectivity index (χ1) is 7.11. The largest absolute Gasteiger partial charge is 0.462 e. The molecule has 0 radical (unpaired) electrons. The zero-order valence-corrected chi connectivity index (χ0v) is 8.74. The van der Waals surface area contributed by atoms with Crippen LogP contribution in [0.3, 0.4) is 0 Å². The molecule has 0 unspecified atom stereocenters. The quantitative estimate of drug-likeness (QED) is 0.378. The second kappa shape index (κ2) is 4.60. The Bertz CT molecular complexity index is 365. The Kier molecular flexibility index (Phi) is 3.45. The number of carbonyl (C=O) groups is 2. The van der Waals surface area contributed by atoms with Gasteiger partial charge < -0.3 is 9.64 Å². The third-order valence-electron chi connectivity index (χ3n) is 2.23. The van der Waals surface area contributed by atoms with Gasteiger partial charge in [-0.2, -0.15) is 5.26 Å². The summed E-state index contributed by atoms with van der Waals surface area (Å²) in [6.45, 7) is 1.88. The maximum Gasteiger partial charge on any atom is 0.350 e. The van der Waals surface area contributed by atoms with Crippen LogP contribution in [0, 0.1) is 11.3 Å². The number of esters is 1. The smallest absolute Gasteiger partial charge is 0.350 e. The summed E-state index contributed by atoms with van der Waals surface area (Å²) in [5.74, 6) is -0.737. The van der Waals surface area contributed by atoms with Crippen LogP contribution in [-0.2, 0) is 14.3 Å². The molecule has 5 nitrogen and oxygen atoms in total. The lowest BCUT2D eigenvalue weighted by Gasteiger charge is -2.12. The molecule has 1 fully saturated rings. The molecular formula is C10H12N2O3. The Hall–Kier alpha value is -1.83. The second-order valence-corrected chi connectivity index (χ2v) is 3.11. The number of ether oxygens (including phenoxy) is 1. The van der Waals surface area contributed by atoms with Gasteiger partial charge in [0.05, 0.1) is 6.61 Å². The average molecular weight is 208 g/mol. The minimum atomic E-state index is -0.656. The molecule has 5 heteroatoms. The molecule has 0 aromatic rings. The zero-order valence-electron chi connectivity index (χ0n) is 8.74. The van der Waals surface area contributed by atoms with Crippen molar-refractivity contribution in [1.29, 1.82) is 5.26 Å². The van der Waals surface area contributed by atoms with Crippen molar-refractivity contribution in [3.63, 3.8) is 0 Å². The van der Waals surface area contributed by atoms with Crippen LogP contribution in [0.25, 0.3) is 0 Å². The van der Waals surface area contributed by atoms with Crippen molar-refractivity contribution in [2.45, 2.75) is 19.8 Å². The van der Waals surface area contributed by atoms with Crippen LogP contribution < -0.4 is 0 Å². The molecule has 0 aromatic heterocycles. The molecule has 0 saturated carbocycles. The monoisotopic (exact) mass is 208 g/mol. The normalized spacial score (nSPS) is 18.7. The highest BCUT2D eigenvalue weighted by Gasteiger charge is 2.28. The van der Waals surface area contributed by atoms with Gasteiger partial charge in [0.1, 0.15) is 6.07 Å². The van der Waals surface area contributed by atoms with E-state index in [0.29, 0.717) is 18.5 Å². The second-order valence-electron chi connectivity index (χ2n) is 3.11. The van der Waals surface area contributed by atoms with Crippen LogP contribution in [-0.4, -0.2) is 30.4 Å². The van der Waals surface area contributed by atoms with E-state index in [1.54, 1.807) is 20.0 Å². The molecule has 0 atom stereocenters. The molecule has 1 aliphatic heterocycles. The number of nitriles is 1. The zero-order chi connectivity index (χ0) is 11.4. The first-order valence-electron chi connectivity index (χ1n) is 4.68. The maximum atomic E-state index is 11.4. The molecule has 1 saturated heterocycles. The Morgan fingerprint density at radius 2 is 2.27 bits per heavy atom. The van der Waals surface area contributed by atoms with Crippen molar-refractivity contribution in [3.8, 4) is 6.07 Å². The fourth-order valence-electron chi connectivity index (χ4n) is 1.44. The molecular weight excluding hydrogens is 196 g/mol. The average Bonchev–Trinajstić information content (AvgIpc) is 2.51. The number of hydrogen-bond acceptors (Lipinski definition) is 4. The molecule has 1 rings (SSSR count). The van der Waals surface area contributed by atoms with E-state index in [-0.39, 0.29) is 18.1 Å². The predicted octanol–water partition coefficient (Wildman–Crippen LogP) is 0.579. The van der Waals surface area contributed by atoms with Gasteiger partial charge in [0.15, 0.2) is 5.57 Å². The molecule has 0 N–H and O–H groups in total. The minimum Gasteiger partial charge on any atom is -0.462 e. The summed E-state index contributed by atoms with van der Waals surface area (Å²) in [7, 11) is 1.56. The summed E-state index contributed by atoms with van der Waals surface area (Å²) < 4.78 is 4.73. The minimum absolute atomic E-state index is 0.0646. The highest BCUT2D eigenvalue weighted by molar-refractivity contribution is 5.95. The summed E-state index contributed by atoms with van der Waals surface area (Å²) in [5, 5.41) is 8.84. The van der Waals surface area contributed by atoms with E-state index >= 15 is 0 Å². The van der Waals surface area contributed by atoms with Gasteiger partial charge in [-0.05, 0) is 13.3 Å². The Balaban J connectivity index is 3.00. The third-order valence-corrected chi connectivity index (χ3v) is 2.23. The molecule has 0 aliphatic carbocycles. The summed E-state index contributed by atoms with van der Waals surface area (Å²) in [4.78, 5) is 23.9. The van der Waals surface area contributed by atoms with Crippen molar-refractivity contribution < 1.29 is 14.3 Å². The predicted molar refractivity (Wildman–Crippen MR) is 51.3 cm³/mol. The molecule has 0 spiro atoms. The SMILES string of the molecule is CCOC(=O)/C(C#N)=C1/CCC(=O)N1C. The first-order valence-corrected chi connectivity index (χ1v) is 4.68. The number of amides is 1. The van der Waals surface area contributed by atoms with Gasteiger partial charge in [-0.1, -0.05) is 0 Å². The number of hydrogen-bond donors (Lipinski definition) is 0. The van der Waals surface area contributed by atoms with Crippen molar-refractivity contribution in [1.82, 2.24) is 4.90 Å². The fourth-order valence-corrected chi connectivity index (χ4v) is 1.44. The van der Waals surface area contributed by atoms with Crippen molar-refractivity contribution in [2.75, 3.05) is 13.7 Å². The van der Waals surface area contributed by atoms with Gasteiger partial charge in [-0.25, -0.2) is 4.79 Å². The standard InChI is InChI=1S/C10H12N2O3/c1-3-15-10(14)7(6-11)8-4-5-9(13)12(8)2/h3-5H2,1-2H3/b8-7-. The van der Waals surface area contributed by atoms with E-state index < -0.39 is 5.97 Å². The number of allylic oxidation sites excluding steroid dienone is 1. The van der Waals surface area contributed by atoms with Crippen LogP contribution in [0.5, 0.6) is 0 Å². The highest BCUT2D eigenvalue weighted by atomic mass is 16.5. The van der Waals surface area contributed by atoms with E-state index in [1.165, 1.54) is 4.90 Å². The third kappa shape index (κ3) is 2.15. The van der Waals surface area contributed by atoms with Crippen molar-refractivity contribution in [3.05, 3.63) is 11.3 Å². The Morgan fingerprint density at radius 1 is 1.60 bits per heavy atom. The van der Waals surface area contributed by atoms with Gasteiger partial charge in [0.2, 0.25) is 5.91 Å². The van der Waals surface area contributed by atoms with E-state index in [9.17, 15) is 9.59 Å². The van der Waals surface area contributed by atoms with E-state index in [4.69, 9.17) is 10.00 Å². The van der Waals surface area contributed by atoms with Crippen molar-refractivity contribution in [2.24, 2.45) is 0 Å². The van der Waals surface area contributed by atoms with E-state index in [0.717, 1.165) is 0 Å². The molecule has 15 heavy (non-hydrogen) atoms. The van der Waals surface area contributed by atoms with Gasteiger partial charge in [0.25, 0.3) is 0 Å². The number of nitrogens with zero attached hydrogens (tertiary/aromatic N) is 2. The van der Waals surface area contributed by atoms with Crippen LogP contribution in [0.4, 0.5) is 0 Å². The van der Waals surface area contributed by atoms with Crippen LogP contribution >= 0.6 is 0 Å². The number of rotatable bonds is 2. The molecule has 1 amide bonds. The molecule has 0 aromatic carbocycles. The Labute approximate surface area is 87.9 Å². The van der Waals surface area contributed by atoms with Gasteiger partial charge in [-0.3, -0.25) is 4.79 Å². The van der Waals surface area contributed by atoms with Gasteiger partial charge >= 0.3 is 5.97 Å². The van der Waals surface area contributed by atoms with E-state index in [1.807, 2.05) is 0 Å². The van der Waals surface area contributed by atoms with Gasteiger partial charge in [0, 0.05) is 19.2 Å². The lowest BCUT2D eigenvalue weighted by molar-refractivity contribution is -0.138. The van der Waals surface area contributed by atoms with Crippen LogP contribution in [0.15, 0.2) is 11.3 Å². The molecule has 80 valence electrons. The molecule has 1 aliphatic rings. The summed E-state index contributed by atoms with van der Waals surface area (Å²) in [6, 6.07) is 1.79. The number of likely N-dealkylation sites (tertiary alicyclic amines) is 1. The lowest BCUT2D eigenvalue weighted by Crippen LogP contribution is -2.20. The number of carbonyl (C=O) groups excluding carboxylic acids is 2. The van der Waals surface area contributed by atoms with E-state index in [2.05, 4.69) is 0 Å².